The van der Waals surface area contributed by atoms with Gasteiger partial charge in [0.15, 0.2) is 5.96 Å². The van der Waals surface area contributed by atoms with Gasteiger partial charge >= 0.3 is 0 Å². The second-order valence-electron chi connectivity index (χ2n) is 6.74. The topological polar surface area (TPSA) is 48.9 Å². The summed E-state index contributed by atoms with van der Waals surface area (Å²) >= 11 is 0. The number of rotatable bonds is 10. The molecule has 0 saturated heterocycles. The van der Waals surface area contributed by atoms with Gasteiger partial charge in [0.05, 0.1) is 6.61 Å². The fourth-order valence-electron chi connectivity index (χ4n) is 2.65. The van der Waals surface area contributed by atoms with Gasteiger partial charge in [0.2, 0.25) is 0 Å². The first-order valence-corrected chi connectivity index (χ1v) is 9.52. The van der Waals surface area contributed by atoms with Crippen LogP contribution in [0.5, 0.6) is 5.75 Å². The molecule has 5 nitrogen and oxygen atoms in total. The highest BCUT2D eigenvalue weighted by Crippen LogP contribution is 2.12. The summed E-state index contributed by atoms with van der Waals surface area (Å²) in [6.07, 6.45) is 2.00. The van der Waals surface area contributed by atoms with Crippen LogP contribution in [0.4, 0.5) is 0 Å². The van der Waals surface area contributed by atoms with Gasteiger partial charge in [0.1, 0.15) is 5.75 Å². The third kappa shape index (κ3) is 9.94. The average Bonchev–Trinajstić information content (AvgIpc) is 2.69. The van der Waals surface area contributed by atoms with Crippen LogP contribution in [-0.2, 0) is 13.0 Å². The zero-order chi connectivity index (χ0) is 19.3. The molecule has 0 saturated carbocycles. The largest absolute Gasteiger partial charge is 0.494 e. The Kier molecular flexibility index (Phi) is 12.3. The molecule has 0 aliphatic rings. The maximum atomic E-state index is 5.77. The standard InChI is InChI=1S/C22H32N4O.HI/c1-23-22(24-15-14-19-8-5-4-6-9-19)25-18-20-10-12-21(13-11-20)27-17-7-16-26(2)3;/h4-6,8-13H,7,14-18H2,1-3H3,(H2,23,24,25);1H. The number of hydrogen-bond acceptors (Lipinski definition) is 3. The van der Waals surface area contributed by atoms with Crippen LogP contribution < -0.4 is 15.4 Å². The molecule has 0 radical (unpaired) electrons. The van der Waals surface area contributed by atoms with Crippen molar-refractivity contribution < 1.29 is 4.74 Å². The van der Waals surface area contributed by atoms with E-state index in [4.69, 9.17) is 4.74 Å². The van der Waals surface area contributed by atoms with Crippen molar-refractivity contribution in [3.63, 3.8) is 0 Å². The lowest BCUT2D eigenvalue weighted by molar-refractivity contribution is 0.281. The van der Waals surface area contributed by atoms with Crippen molar-refractivity contribution in [3.8, 4) is 5.75 Å². The van der Waals surface area contributed by atoms with Gasteiger partial charge in [-0.1, -0.05) is 42.5 Å². The van der Waals surface area contributed by atoms with E-state index in [9.17, 15) is 0 Å². The fraction of sp³-hybridized carbons (Fsp3) is 0.409. The average molecular weight is 496 g/mol. The van der Waals surface area contributed by atoms with E-state index in [1.54, 1.807) is 7.05 Å². The van der Waals surface area contributed by atoms with Crippen molar-refractivity contribution in [2.75, 3.05) is 40.8 Å². The van der Waals surface area contributed by atoms with Crippen LogP contribution in [0.3, 0.4) is 0 Å². The number of benzene rings is 2. The predicted molar refractivity (Wildman–Crippen MR) is 129 cm³/mol. The second-order valence-corrected chi connectivity index (χ2v) is 6.74. The molecule has 2 aromatic rings. The lowest BCUT2D eigenvalue weighted by Crippen LogP contribution is -2.37. The molecule has 0 heterocycles. The molecule has 0 aliphatic carbocycles. The number of nitrogens with one attached hydrogen (secondary N) is 2. The zero-order valence-corrected chi connectivity index (χ0v) is 19.5. The van der Waals surface area contributed by atoms with Crippen LogP contribution in [-0.4, -0.2) is 51.7 Å². The first-order valence-electron chi connectivity index (χ1n) is 9.52. The molecule has 0 aliphatic heterocycles. The van der Waals surface area contributed by atoms with E-state index in [2.05, 4.69) is 71.0 Å². The van der Waals surface area contributed by atoms with Crippen LogP contribution in [0.15, 0.2) is 59.6 Å². The fourth-order valence-corrected chi connectivity index (χ4v) is 2.65. The van der Waals surface area contributed by atoms with Gasteiger partial charge in [-0.2, -0.15) is 0 Å². The molecule has 0 atom stereocenters. The number of hydrogen-bond donors (Lipinski definition) is 2. The SMILES string of the molecule is CN=C(NCCc1ccccc1)NCc1ccc(OCCCN(C)C)cc1.I. The third-order valence-corrected chi connectivity index (χ3v) is 4.17. The second kappa shape index (κ2) is 14.2. The molecule has 154 valence electrons. The summed E-state index contributed by atoms with van der Waals surface area (Å²) in [7, 11) is 5.95. The first kappa shape index (κ1) is 24.2. The zero-order valence-electron chi connectivity index (χ0n) is 17.1. The Morgan fingerprint density at radius 2 is 1.68 bits per heavy atom. The number of halogens is 1. The van der Waals surface area contributed by atoms with E-state index in [-0.39, 0.29) is 24.0 Å². The molecule has 0 spiro atoms. The maximum Gasteiger partial charge on any atom is 0.191 e. The summed E-state index contributed by atoms with van der Waals surface area (Å²) in [4.78, 5) is 6.45. The van der Waals surface area contributed by atoms with Crippen molar-refractivity contribution in [1.29, 1.82) is 0 Å². The van der Waals surface area contributed by atoms with Crippen LogP contribution in [0.2, 0.25) is 0 Å². The molecular weight excluding hydrogens is 463 g/mol. The summed E-state index contributed by atoms with van der Waals surface area (Å²) in [6.45, 7) is 3.36. The molecule has 0 unspecified atom stereocenters. The molecule has 0 fully saturated rings. The Hall–Kier alpha value is -1.80. The molecular formula is C22H33IN4O. The van der Waals surface area contributed by atoms with Crippen molar-refractivity contribution in [2.24, 2.45) is 4.99 Å². The lowest BCUT2D eigenvalue weighted by Gasteiger charge is -2.13. The van der Waals surface area contributed by atoms with Gasteiger partial charge < -0.3 is 20.3 Å². The van der Waals surface area contributed by atoms with E-state index < -0.39 is 0 Å². The molecule has 0 amide bonds. The van der Waals surface area contributed by atoms with E-state index in [0.717, 1.165) is 50.8 Å². The Labute approximate surface area is 186 Å². The van der Waals surface area contributed by atoms with Crippen molar-refractivity contribution >= 4 is 29.9 Å². The van der Waals surface area contributed by atoms with Gasteiger partial charge in [-0.25, -0.2) is 0 Å². The molecule has 2 N–H and O–H groups in total. The van der Waals surface area contributed by atoms with Crippen LogP contribution in [0, 0.1) is 0 Å². The van der Waals surface area contributed by atoms with Crippen molar-refractivity contribution in [3.05, 3.63) is 65.7 Å². The van der Waals surface area contributed by atoms with E-state index in [1.807, 2.05) is 18.2 Å². The van der Waals surface area contributed by atoms with Crippen LogP contribution in [0.1, 0.15) is 17.5 Å². The van der Waals surface area contributed by atoms with Gasteiger partial charge in [-0.3, -0.25) is 4.99 Å². The minimum absolute atomic E-state index is 0. The number of nitrogens with zero attached hydrogens (tertiary/aromatic N) is 2. The minimum atomic E-state index is 0. The molecule has 0 bridgehead atoms. The Bertz CT molecular complexity index is 675. The monoisotopic (exact) mass is 496 g/mol. The Morgan fingerprint density at radius 3 is 2.32 bits per heavy atom. The predicted octanol–water partition coefficient (Wildman–Crippen LogP) is 3.54. The van der Waals surface area contributed by atoms with Crippen LogP contribution >= 0.6 is 24.0 Å². The molecule has 0 aromatic heterocycles. The summed E-state index contributed by atoms with van der Waals surface area (Å²) in [5.41, 5.74) is 2.52. The maximum absolute atomic E-state index is 5.77. The quantitative estimate of drug-likeness (QED) is 0.229. The third-order valence-electron chi connectivity index (χ3n) is 4.17. The number of ether oxygens (including phenoxy) is 1. The molecule has 6 heteroatoms. The lowest BCUT2D eigenvalue weighted by atomic mass is 10.1. The molecule has 2 aromatic carbocycles. The van der Waals surface area contributed by atoms with E-state index in [0.29, 0.717) is 0 Å². The Balaban J connectivity index is 0.00000392. The number of guanidine groups is 1. The van der Waals surface area contributed by atoms with Gasteiger partial charge in [-0.05, 0) is 50.2 Å². The highest BCUT2D eigenvalue weighted by atomic mass is 127. The van der Waals surface area contributed by atoms with Gasteiger partial charge in [0.25, 0.3) is 0 Å². The van der Waals surface area contributed by atoms with Crippen molar-refractivity contribution in [1.82, 2.24) is 15.5 Å². The minimum Gasteiger partial charge on any atom is -0.494 e. The summed E-state index contributed by atoms with van der Waals surface area (Å²) in [5.74, 6) is 1.73. The summed E-state index contributed by atoms with van der Waals surface area (Å²) < 4.78 is 5.77. The summed E-state index contributed by atoms with van der Waals surface area (Å²) in [5, 5.41) is 6.70. The normalized spacial score (nSPS) is 11.1. The summed E-state index contributed by atoms with van der Waals surface area (Å²) in [6, 6.07) is 18.7. The van der Waals surface area contributed by atoms with Crippen molar-refractivity contribution in [2.45, 2.75) is 19.4 Å². The van der Waals surface area contributed by atoms with Gasteiger partial charge in [0, 0.05) is 26.7 Å². The Morgan fingerprint density at radius 1 is 0.964 bits per heavy atom. The van der Waals surface area contributed by atoms with E-state index in [1.165, 1.54) is 11.1 Å². The highest BCUT2D eigenvalue weighted by Gasteiger charge is 2.00. The molecule has 2 rings (SSSR count). The first-order chi connectivity index (χ1) is 13.2. The highest BCUT2D eigenvalue weighted by molar-refractivity contribution is 14.0. The van der Waals surface area contributed by atoms with Crippen LogP contribution in [0.25, 0.3) is 0 Å². The smallest absolute Gasteiger partial charge is 0.191 e. The number of aliphatic imine (C=N–C) groups is 1. The van der Waals surface area contributed by atoms with E-state index >= 15 is 0 Å². The van der Waals surface area contributed by atoms with Gasteiger partial charge in [-0.15, -0.1) is 24.0 Å². The molecule has 28 heavy (non-hydrogen) atoms.